The van der Waals surface area contributed by atoms with Gasteiger partial charge in [-0.25, -0.2) is 19.9 Å². The SMILES string of the molecule is CC(C)(C)c1ccc(CN2CC(Cc3ccccc3)(Cc3ccccc3)C(=O)c3ccc(C(C)(C)C)nc32)cc1.CC(C)(C)c1ccc(CN2CC(Cc3ccccc3)(Cc3ccccc3)C(=O)c3ccc(C(C)(C)C)nc32)cc1.CC(C)N1CC(Cc2ccccc2)(Cc2cccc3ccccc23)C(=O)c2ccc(C(C)(C)C)nc21.CC(C)N1CC(Cc2ccccc2)(Cc2ccccc2)C(=O)c2ccc(C(C)(C)C)nc21. The van der Waals surface area contributed by atoms with Crippen LogP contribution in [0.2, 0.25) is 0 Å². The van der Waals surface area contributed by atoms with E-state index in [4.69, 9.17) is 19.9 Å². The molecule has 0 spiro atoms. The summed E-state index contributed by atoms with van der Waals surface area (Å²) in [6.45, 7) is 52.3. The van der Waals surface area contributed by atoms with Gasteiger partial charge in [0.2, 0.25) is 0 Å². The van der Waals surface area contributed by atoms with E-state index < -0.39 is 21.7 Å². The second kappa shape index (κ2) is 43.9. The molecule has 0 N–H and O–H groups in total. The lowest BCUT2D eigenvalue weighted by Crippen LogP contribution is -2.53. The van der Waals surface area contributed by atoms with E-state index in [1.807, 2.05) is 91.0 Å². The fraction of sp³-hybridized carbons (Fsp3) is 0.353. The maximum atomic E-state index is 14.6. The molecule has 0 saturated carbocycles. The second-order valence-corrected chi connectivity index (χ2v) is 49.2. The van der Waals surface area contributed by atoms with Gasteiger partial charge in [-0.3, -0.25) is 19.2 Å². The van der Waals surface area contributed by atoms with E-state index in [1.165, 1.54) is 77.5 Å². The van der Waals surface area contributed by atoms with Gasteiger partial charge in [-0.05, 0) is 216 Å². The van der Waals surface area contributed by atoms with Gasteiger partial charge in [-0.2, -0.15) is 0 Å². The van der Waals surface area contributed by atoms with Crippen LogP contribution < -0.4 is 19.6 Å². The Labute approximate surface area is 882 Å². The van der Waals surface area contributed by atoms with Crippen LogP contribution in [0.5, 0.6) is 0 Å². The van der Waals surface area contributed by atoms with E-state index in [2.05, 4.69) is 433 Å². The summed E-state index contributed by atoms with van der Waals surface area (Å²) in [7, 11) is 0. The Morgan fingerprint density at radius 3 is 0.716 bits per heavy atom. The van der Waals surface area contributed by atoms with Crippen LogP contribution in [0.25, 0.3) is 10.8 Å². The van der Waals surface area contributed by atoms with E-state index in [1.54, 1.807) is 0 Å². The number of pyridine rings is 4. The lowest BCUT2D eigenvalue weighted by Gasteiger charge is -2.45. The number of benzene rings is 11. The van der Waals surface area contributed by atoms with Gasteiger partial charge in [0.05, 0.1) is 43.9 Å². The Kier molecular flexibility index (Phi) is 31.7. The third kappa shape index (κ3) is 24.7. The smallest absolute Gasteiger partial charge is 0.175 e. The average Bonchev–Trinajstić information content (AvgIpc) is 0.745. The molecule has 4 aliphatic heterocycles. The average molecular weight is 1960 g/mol. The predicted octanol–water partition coefficient (Wildman–Crippen LogP) is 30.4. The minimum absolute atomic E-state index is 0.0661. The number of Topliss-reactive ketones (excluding diaryl/α,β-unsaturated/α-hetero) is 4. The summed E-state index contributed by atoms with van der Waals surface area (Å²) in [5, 5.41) is 2.44. The van der Waals surface area contributed by atoms with Crippen molar-refractivity contribution in [2.24, 2.45) is 21.7 Å². The molecule has 19 rings (SSSR count). The highest BCUT2D eigenvalue weighted by Gasteiger charge is 2.52. The number of nitrogens with zero attached hydrogens (tertiary/aromatic N) is 8. The van der Waals surface area contributed by atoms with E-state index in [0.29, 0.717) is 90.6 Å². The highest BCUT2D eigenvalue weighted by Crippen LogP contribution is 2.50. The molecule has 0 radical (unpaired) electrons. The molecular formula is C136H154N8O4. The fourth-order valence-electron chi connectivity index (χ4n) is 22.0. The first-order chi connectivity index (χ1) is 70.3. The standard InChI is InChI=1S/2C37H42N2O.C33H36N2O.C29H34N2O/c2*1-35(2,3)30-19-17-29(18-20-30)25-39-26-37(23-27-13-9-7-10-14-27,24-28-15-11-8-12-16-28)33(40)31-21-22-32(36(4,5)6)38-34(31)39;1-23(2)35-22-33(20-24-12-7-6-8-13-24,21-26-16-11-15-25-14-9-10-17-27(25)26)30(36)28-18-19-29(32(3,4)5)34-31(28)35;1-21(2)31-20-29(18-22-12-8-6-9-13-22,19-23-14-10-7-11-15-23)26(32)24-16-17-25(28(3,4)5)30-27(24)31/h2*7-22H,23-26H2,1-6H3;6-19,23H,20-22H2,1-5H3;6-17,21H,18-20H2,1-5H3. The summed E-state index contributed by atoms with van der Waals surface area (Å²) in [5.74, 6) is 4.12. The topological polar surface area (TPSA) is 133 Å². The van der Waals surface area contributed by atoms with E-state index in [9.17, 15) is 19.2 Å². The van der Waals surface area contributed by atoms with Gasteiger partial charge in [0.25, 0.3) is 0 Å². The molecule has 12 nitrogen and oxygen atoms in total. The molecule has 8 heterocycles. The van der Waals surface area contributed by atoms with Crippen molar-refractivity contribution in [3.8, 4) is 0 Å². The van der Waals surface area contributed by atoms with E-state index in [-0.39, 0.29) is 67.7 Å². The first kappa shape index (κ1) is 107. The second-order valence-electron chi connectivity index (χ2n) is 49.2. The molecule has 4 aromatic heterocycles. The van der Waals surface area contributed by atoms with Crippen LogP contribution in [-0.4, -0.2) is 81.3 Å². The fourth-order valence-corrected chi connectivity index (χ4v) is 22.0. The zero-order valence-electron chi connectivity index (χ0n) is 91.8. The Bertz CT molecular complexity index is 6750. The van der Waals surface area contributed by atoms with Crippen molar-refractivity contribution in [3.05, 3.63) is 464 Å². The summed E-state index contributed by atoms with van der Waals surface area (Å²) < 4.78 is 0. The Balaban J connectivity index is 0.000000141. The van der Waals surface area contributed by atoms with Gasteiger partial charge in [-0.1, -0.05) is 428 Å². The minimum Gasteiger partial charge on any atom is -0.353 e. The van der Waals surface area contributed by atoms with Crippen molar-refractivity contribution >= 4 is 57.2 Å². The molecule has 0 bridgehead atoms. The van der Waals surface area contributed by atoms with Crippen molar-refractivity contribution in [1.29, 1.82) is 0 Å². The lowest BCUT2D eigenvalue weighted by molar-refractivity contribution is 0.0773. The minimum atomic E-state index is -0.605. The predicted molar refractivity (Wildman–Crippen MR) is 615 cm³/mol. The van der Waals surface area contributed by atoms with Gasteiger partial charge in [0.1, 0.15) is 23.3 Å². The van der Waals surface area contributed by atoms with Gasteiger partial charge < -0.3 is 19.6 Å². The van der Waals surface area contributed by atoms with Gasteiger partial charge in [0, 0.05) is 95.8 Å². The molecule has 0 saturated heterocycles. The molecule has 0 amide bonds. The summed E-state index contributed by atoms with van der Waals surface area (Å²) in [4.78, 5) is 87.8. The number of aromatic nitrogens is 4. The highest BCUT2D eigenvalue weighted by atomic mass is 16.1. The van der Waals surface area contributed by atoms with Gasteiger partial charge in [0.15, 0.2) is 23.1 Å². The number of carbonyl (C=O) groups excluding carboxylic acids is 4. The molecule has 762 valence electrons. The first-order valence-electron chi connectivity index (χ1n) is 53.5. The van der Waals surface area contributed by atoms with Crippen LogP contribution in [0, 0.1) is 21.7 Å². The van der Waals surface area contributed by atoms with Crippen molar-refractivity contribution in [3.63, 3.8) is 0 Å². The van der Waals surface area contributed by atoms with Gasteiger partial charge in [-0.15, -0.1) is 0 Å². The number of hydrogen-bond acceptors (Lipinski definition) is 12. The third-order valence-electron chi connectivity index (χ3n) is 30.3. The Morgan fingerprint density at radius 2 is 0.459 bits per heavy atom. The lowest BCUT2D eigenvalue weighted by atomic mass is 9.68. The molecule has 4 aliphatic rings. The zero-order valence-corrected chi connectivity index (χ0v) is 91.8. The van der Waals surface area contributed by atoms with Crippen LogP contribution in [0.1, 0.15) is 283 Å². The van der Waals surface area contributed by atoms with Crippen molar-refractivity contribution in [1.82, 2.24) is 19.9 Å². The zero-order chi connectivity index (χ0) is 106. The summed E-state index contributed by atoms with van der Waals surface area (Å²) in [5.41, 5.74) is 19.2. The number of ketones is 4. The van der Waals surface area contributed by atoms with Crippen LogP contribution in [0.3, 0.4) is 0 Å². The maximum Gasteiger partial charge on any atom is 0.175 e. The largest absolute Gasteiger partial charge is 0.353 e. The molecule has 11 aromatic carbocycles. The molecule has 1 atom stereocenters. The molecule has 1 unspecified atom stereocenters. The molecule has 148 heavy (non-hydrogen) atoms. The molecule has 0 fully saturated rings. The normalized spacial score (nSPS) is 16.0. The number of rotatable bonds is 22. The maximum absolute atomic E-state index is 14.6. The molecular weight excluding hydrogens is 1810 g/mol. The molecule has 0 aliphatic carbocycles. The van der Waals surface area contributed by atoms with E-state index >= 15 is 0 Å². The van der Waals surface area contributed by atoms with Crippen molar-refractivity contribution < 1.29 is 19.2 Å². The number of carbonyl (C=O) groups is 4. The third-order valence-corrected chi connectivity index (χ3v) is 30.3. The molecule has 12 heteroatoms. The van der Waals surface area contributed by atoms with Crippen molar-refractivity contribution in [2.75, 3.05) is 45.8 Å². The van der Waals surface area contributed by atoms with Crippen LogP contribution in [-0.2, 0) is 96.9 Å². The van der Waals surface area contributed by atoms with Crippen LogP contribution in [0.15, 0.2) is 352 Å². The Morgan fingerprint density at radius 1 is 0.230 bits per heavy atom. The van der Waals surface area contributed by atoms with E-state index in [0.717, 1.165) is 68.3 Å². The number of hydrogen-bond donors (Lipinski definition) is 0. The number of anilines is 4. The van der Waals surface area contributed by atoms with Crippen molar-refractivity contribution in [2.45, 2.75) is 261 Å². The van der Waals surface area contributed by atoms with Crippen LogP contribution in [0.4, 0.5) is 23.3 Å². The van der Waals surface area contributed by atoms with Gasteiger partial charge >= 0.3 is 0 Å². The first-order valence-corrected chi connectivity index (χ1v) is 53.5. The highest BCUT2D eigenvalue weighted by molar-refractivity contribution is 6.10. The summed E-state index contributed by atoms with van der Waals surface area (Å²) >= 11 is 0. The quantitative estimate of drug-likeness (QED) is 0.0640. The Hall–Kier alpha value is -13.8. The summed E-state index contributed by atoms with van der Waals surface area (Å²) in [6.07, 6.45) is 5.54. The summed E-state index contributed by atoms with van der Waals surface area (Å²) in [6, 6.07) is 123. The van der Waals surface area contributed by atoms with Crippen LogP contribution >= 0.6 is 0 Å². The monoisotopic (exact) mass is 1960 g/mol. The molecule has 15 aromatic rings. The number of fused-ring (bicyclic) bond motifs is 5.